The number of piperidine rings is 1. The summed E-state index contributed by atoms with van der Waals surface area (Å²) in [5.41, 5.74) is 3.06. The van der Waals surface area contributed by atoms with Crippen LogP contribution in [0.3, 0.4) is 0 Å². The molecule has 3 aliphatic heterocycles. The summed E-state index contributed by atoms with van der Waals surface area (Å²) in [6.07, 6.45) is 1.68. The van der Waals surface area contributed by atoms with Crippen molar-refractivity contribution in [1.82, 2.24) is 14.7 Å². The minimum absolute atomic E-state index is 0.0364. The molecule has 0 aliphatic carbocycles. The fourth-order valence-corrected chi connectivity index (χ4v) is 5.72. The predicted octanol–water partition coefficient (Wildman–Crippen LogP) is 3.54. The number of benzene rings is 1. The van der Waals surface area contributed by atoms with Crippen LogP contribution in [0, 0.1) is 5.92 Å². The minimum Gasteiger partial charge on any atom is -0.466 e. The van der Waals surface area contributed by atoms with Crippen LogP contribution in [0.4, 0.5) is 0 Å². The molecule has 1 aromatic rings. The van der Waals surface area contributed by atoms with Gasteiger partial charge in [0.25, 0.3) is 5.91 Å². The van der Waals surface area contributed by atoms with Crippen molar-refractivity contribution in [3.8, 4) is 0 Å². The van der Waals surface area contributed by atoms with Gasteiger partial charge in [0.1, 0.15) is 0 Å². The number of nitrogens with zero attached hydrogens (tertiary/aromatic N) is 4. The number of carbonyl (C=O) groups excluding carboxylic acids is 3. The average Bonchev–Trinajstić information content (AvgIpc) is 3.25. The van der Waals surface area contributed by atoms with Crippen molar-refractivity contribution in [2.24, 2.45) is 10.9 Å². The van der Waals surface area contributed by atoms with Gasteiger partial charge in [0.2, 0.25) is 5.91 Å². The molecule has 0 spiro atoms. The molecule has 1 saturated heterocycles. The van der Waals surface area contributed by atoms with E-state index in [0.29, 0.717) is 31.0 Å². The van der Waals surface area contributed by atoms with Crippen molar-refractivity contribution in [3.05, 3.63) is 58.3 Å². The highest BCUT2D eigenvalue weighted by Crippen LogP contribution is 2.45. The average molecular weight is 497 g/mol. The summed E-state index contributed by atoms with van der Waals surface area (Å²) in [7, 11) is 3.47. The molecule has 9 heteroatoms. The molecular weight excluding hydrogens is 464 g/mol. The Balaban J connectivity index is 1.59. The van der Waals surface area contributed by atoms with E-state index in [1.165, 1.54) is 11.8 Å². The number of hydrogen-bond acceptors (Lipinski definition) is 7. The molecule has 1 fully saturated rings. The largest absolute Gasteiger partial charge is 0.466 e. The number of esters is 1. The van der Waals surface area contributed by atoms with Crippen LogP contribution in [-0.2, 0) is 19.1 Å². The van der Waals surface area contributed by atoms with Crippen molar-refractivity contribution < 1.29 is 19.1 Å². The molecule has 2 amide bonds. The Bertz CT molecular complexity index is 1100. The number of rotatable bonds is 6. The van der Waals surface area contributed by atoms with Gasteiger partial charge in [-0.15, -0.1) is 0 Å². The smallest absolute Gasteiger partial charge is 0.310 e. The monoisotopic (exact) mass is 496 g/mol. The van der Waals surface area contributed by atoms with Crippen molar-refractivity contribution in [2.75, 3.05) is 33.8 Å². The summed E-state index contributed by atoms with van der Waals surface area (Å²) in [4.78, 5) is 48.9. The van der Waals surface area contributed by atoms with E-state index in [-0.39, 0.29) is 36.2 Å². The number of allylic oxidation sites excluding steroid dienone is 1. The van der Waals surface area contributed by atoms with E-state index in [9.17, 15) is 14.4 Å². The lowest BCUT2D eigenvalue weighted by molar-refractivity contribution is -0.151. The lowest BCUT2D eigenvalue weighted by Crippen LogP contribution is -2.44. The first-order valence-corrected chi connectivity index (χ1v) is 12.8. The van der Waals surface area contributed by atoms with Crippen LogP contribution in [0.2, 0.25) is 0 Å². The van der Waals surface area contributed by atoms with Gasteiger partial charge in [0.05, 0.1) is 36.3 Å². The molecule has 2 unspecified atom stereocenters. The van der Waals surface area contributed by atoms with Gasteiger partial charge in [-0.2, -0.15) is 0 Å². The number of thioether (sulfide) groups is 1. The first-order chi connectivity index (χ1) is 16.8. The van der Waals surface area contributed by atoms with Crippen molar-refractivity contribution >= 4 is 34.7 Å². The summed E-state index contributed by atoms with van der Waals surface area (Å²) >= 11 is 1.47. The molecular formula is C26H32N4O4S. The number of likely N-dealkylation sites (tertiary alicyclic amines) is 1. The standard InChI is InChI=1S/C26H32N4O4S/c1-5-34-25(33)19-12-9-13-29(15-19)21(31)14-20-16-35-26-27-17(2)22(24(32)28(3)4)23(30(20)26)18-10-7-6-8-11-18/h6-8,10-11,16,19,23H,5,9,12-15H2,1-4H3. The molecule has 0 radical (unpaired) electrons. The van der Waals surface area contributed by atoms with E-state index >= 15 is 0 Å². The SMILES string of the molecule is CCOC(=O)C1CCCN(C(=O)CC2=CSC3=NC(C)=C(C(=O)N(C)C)C(c4ccccc4)N23)C1. The van der Waals surface area contributed by atoms with Crippen molar-refractivity contribution in [1.29, 1.82) is 0 Å². The third-order valence-corrected chi connectivity index (χ3v) is 7.37. The minimum atomic E-state index is -0.374. The lowest BCUT2D eigenvalue weighted by atomic mass is 9.93. The van der Waals surface area contributed by atoms with Gasteiger partial charge in [-0.3, -0.25) is 14.4 Å². The molecule has 0 saturated carbocycles. The molecule has 3 aliphatic rings. The fraction of sp³-hybridized carbons (Fsp3) is 0.462. The van der Waals surface area contributed by atoms with Crippen LogP contribution in [0.15, 0.2) is 57.7 Å². The highest BCUT2D eigenvalue weighted by molar-refractivity contribution is 8.16. The normalized spacial score (nSPS) is 21.8. The van der Waals surface area contributed by atoms with Gasteiger partial charge < -0.3 is 19.4 Å². The van der Waals surface area contributed by atoms with Crippen LogP contribution in [0.5, 0.6) is 0 Å². The first kappa shape index (κ1) is 25.0. The van der Waals surface area contributed by atoms with E-state index in [2.05, 4.69) is 0 Å². The quantitative estimate of drug-likeness (QED) is 0.561. The van der Waals surface area contributed by atoms with Gasteiger partial charge in [-0.25, -0.2) is 4.99 Å². The van der Waals surface area contributed by atoms with Gasteiger partial charge in [0.15, 0.2) is 5.17 Å². The fourth-order valence-electron chi connectivity index (χ4n) is 4.76. The molecule has 1 aromatic carbocycles. The number of carbonyl (C=O) groups is 3. The van der Waals surface area contributed by atoms with E-state index in [1.54, 1.807) is 30.8 Å². The Kier molecular flexibility index (Phi) is 7.64. The Morgan fingerprint density at radius 1 is 1.20 bits per heavy atom. The predicted molar refractivity (Wildman–Crippen MR) is 136 cm³/mol. The highest BCUT2D eigenvalue weighted by atomic mass is 32.2. The molecule has 0 N–H and O–H groups in total. The Hall–Kier alpha value is -3.07. The second kappa shape index (κ2) is 10.7. The van der Waals surface area contributed by atoms with Gasteiger partial charge in [-0.1, -0.05) is 42.1 Å². The maximum atomic E-state index is 13.4. The first-order valence-electron chi connectivity index (χ1n) is 12.0. The van der Waals surface area contributed by atoms with Crippen LogP contribution >= 0.6 is 11.8 Å². The Morgan fingerprint density at radius 3 is 2.63 bits per heavy atom. The van der Waals surface area contributed by atoms with E-state index in [1.807, 2.05) is 47.6 Å². The highest BCUT2D eigenvalue weighted by Gasteiger charge is 2.41. The lowest BCUT2D eigenvalue weighted by Gasteiger charge is -2.38. The van der Waals surface area contributed by atoms with E-state index < -0.39 is 0 Å². The molecule has 186 valence electrons. The number of fused-ring (bicyclic) bond motifs is 1. The molecule has 8 nitrogen and oxygen atoms in total. The Morgan fingerprint density at radius 2 is 1.94 bits per heavy atom. The van der Waals surface area contributed by atoms with Crippen LogP contribution in [0.25, 0.3) is 0 Å². The van der Waals surface area contributed by atoms with E-state index in [4.69, 9.17) is 9.73 Å². The van der Waals surface area contributed by atoms with Crippen LogP contribution in [0.1, 0.15) is 44.7 Å². The number of likely N-dealkylation sites (N-methyl/N-ethyl adjacent to an activating group) is 1. The molecule has 3 heterocycles. The maximum Gasteiger partial charge on any atom is 0.310 e. The van der Waals surface area contributed by atoms with Gasteiger partial charge >= 0.3 is 5.97 Å². The number of hydrogen-bond donors (Lipinski definition) is 0. The second-order valence-electron chi connectivity index (χ2n) is 9.11. The zero-order valence-corrected chi connectivity index (χ0v) is 21.5. The van der Waals surface area contributed by atoms with Crippen LogP contribution in [-0.4, -0.2) is 71.4 Å². The second-order valence-corrected chi connectivity index (χ2v) is 9.95. The zero-order valence-electron chi connectivity index (χ0n) is 20.7. The third-order valence-electron chi connectivity index (χ3n) is 6.48. The summed E-state index contributed by atoms with van der Waals surface area (Å²) in [5, 5.41) is 2.72. The van der Waals surface area contributed by atoms with Crippen molar-refractivity contribution in [2.45, 2.75) is 39.2 Å². The van der Waals surface area contributed by atoms with Crippen LogP contribution < -0.4 is 0 Å². The summed E-state index contributed by atoms with van der Waals surface area (Å²) in [6.45, 7) is 5.00. The topological polar surface area (TPSA) is 82.5 Å². The summed E-state index contributed by atoms with van der Waals surface area (Å²) < 4.78 is 5.18. The molecule has 4 rings (SSSR count). The molecule has 2 atom stereocenters. The third kappa shape index (κ3) is 5.15. The molecule has 0 bridgehead atoms. The number of ether oxygens (including phenoxy) is 1. The van der Waals surface area contributed by atoms with E-state index in [0.717, 1.165) is 29.3 Å². The number of amidine groups is 1. The zero-order chi connectivity index (χ0) is 25.1. The molecule has 0 aromatic heterocycles. The Labute approximate surface area is 210 Å². The number of aliphatic imine (C=N–C) groups is 1. The summed E-state index contributed by atoms with van der Waals surface area (Å²) in [6, 6.07) is 9.48. The summed E-state index contributed by atoms with van der Waals surface area (Å²) in [5.74, 6) is -0.651. The molecule has 35 heavy (non-hydrogen) atoms. The van der Waals surface area contributed by atoms with Gasteiger partial charge in [-0.05, 0) is 37.7 Å². The van der Waals surface area contributed by atoms with Crippen molar-refractivity contribution in [3.63, 3.8) is 0 Å². The number of amides is 2. The van der Waals surface area contributed by atoms with Gasteiger partial charge in [0, 0.05) is 32.9 Å². The maximum absolute atomic E-state index is 13.4.